The van der Waals surface area contributed by atoms with Gasteiger partial charge in [-0.2, -0.15) is 0 Å². The van der Waals surface area contributed by atoms with Crippen molar-refractivity contribution in [1.82, 2.24) is 4.90 Å². The van der Waals surface area contributed by atoms with Gasteiger partial charge in [0.05, 0.1) is 13.1 Å². The molecule has 1 heterocycles. The molecule has 1 aliphatic rings. The van der Waals surface area contributed by atoms with Crippen molar-refractivity contribution in [3.63, 3.8) is 0 Å². The van der Waals surface area contributed by atoms with Crippen molar-refractivity contribution in [2.45, 2.75) is 6.10 Å². The number of rotatable bonds is 4. The average Bonchev–Trinajstić information content (AvgIpc) is 2.52. The maximum atomic E-state index is 12.3. The Morgan fingerprint density at radius 2 is 1.72 bits per heavy atom. The molecule has 1 amide bonds. The van der Waals surface area contributed by atoms with E-state index in [9.17, 15) is 24.9 Å². The zero-order valence-electron chi connectivity index (χ0n) is 12.9. The van der Waals surface area contributed by atoms with E-state index in [4.69, 9.17) is 9.84 Å². The van der Waals surface area contributed by atoms with Gasteiger partial charge in [0.2, 0.25) is 0 Å². The van der Waals surface area contributed by atoms with Crippen LogP contribution in [0, 0.1) is 0 Å². The minimum atomic E-state index is -1.31. The van der Waals surface area contributed by atoms with Gasteiger partial charge in [0, 0.05) is 5.56 Å². The Bertz CT molecular complexity index is 843. The molecule has 3 rings (SSSR count). The van der Waals surface area contributed by atoms with Crippen LogP contribution in [0.3, 0.4) is 0 Å². The molecule has 8 nitrogen and oxygen atoms in total. The molecule has 2 aromatic carbocycles. The van der Waals surface area contributed by atoms with Crippen LogP contribution in [-0.4, -0.2) is 56.4 Å². The molecule has 0 unspecified atom stereocenters. The molecule has 0 spiro atoms. The van der Waals surface area contributed by atoms with Crippen LogP contribution in [-0.2, 0) is 0 Å². The molecule has 25 heavy (non-hydrogen) atoms. The first kappa shape index (κ1) is 16.4. The monoisotopic (exact) mass is 345 g/mol. The van der Waals surface area contributed by atoms with E-state index in [2.05, 4.69) is 0 Å². The number of aromatic hydroxyl groups is 3. The quantitative estimate of drug-likeness (QED) is 0.617. The zero-order chi connectivity index (χ0) is 18.1. The summed E-state index contributed by atoms with van der Waals surface area (Å²) in [5.74, 6) is -2.70. The second kappa shape index (κ2) is 6.23. The highest BCUT2D eigenvalue weighted by molar-refractivity contribution is 5.95. The van der Waals surface area contributed by atoms with Gasteiger partial charge in [-0.3, -0.25) is 4.79 Å². The highest BCUT2D eigenvalue weighted by Crippen LogP contribution is 2.30. The summed E-state index contributed by atoms with van der Waals surface area (Å²) in [7, 11) is 0. The molecule has 0 aromatic heterocycles. The van der Waals surface area contributed by atoms with Gasteiger partial charge in [0.1, 0.15) is 23.2 Å². The molecule has 0 saturated carbocycles. The predicted octanol–water partition coefficient (Wildman–Crippen LogP) is 1.40. The van der Waals surface area contributed by atoms with Crippen LogP contribution in [0.1, 0.15) is 20.7 Å². The second-order valence-corrected chi connectivity index (χ2v) is 5.61. The SMILES string of the molecule is O=C(O)c1c(O)cccc1OC1CN(C(=O)c2ccc(O)c(O)c2)C1. The van der Waals surface area contributed by atoms with Crippen molar-refractivity contribution in [3.8, 4) is 23.0 Å². The summed E-state index contributed by atoms with van der Waals surface area (Å²) in [5.41, 5.74) is -0.104. The van der Waals surface area contributed by atoms with E-state index in [1.807, 2.05) is 0 Å². The molecule has 8 heteroatoms. The molecule has 1 saturated heterocycles. The molecule has 0 radical (unpaired) electrons. The molecule has 2 aromatic rings. The van der Waals surface area contributed by atoms with Gasteiger partial charge in [0.25, 0.3) is 5.91 Å². The fourth-order valence-electron chi connectivity index (χ4n) is 2.53. The number of carboxylic acid groups (broad SMARTS) is 1. The summed E-state index contributed by atoms with van der Waals surface area (Å²) < 4.78 is 5.56. The average molecular weight is 345 g/mol. The highest BCUT2D eigenvalue weighted by atomic mass is 16.5. The van der Waals surface area contributed by atoms with Crippen LogP contribution in [0.4, 0.5) is 0 Å². The smallest absolute Gasteiger partial charge is 0.343 e. The maximum absolute atomic E-state index is 12.3. The standard InChI is InChI=1S/C17H15NO7/c19-11-5-4-9(6-13(11)21)16(22)18-7-10(8-18)25-14-3-1-2-12(20)15(14)17(23)24/h1-6,10,19-21H,7-8H2,(H,23,24). The van der Waals surface area contributed by atoms with Gasteiger partial charge in [-0.1, -0.05) is 6.07 Å². The highest BCUT2D eigenvalue weighted by Gasteiger charge is 2.34. The molecule has 0 bridgehead atoms. The fourth-order valence-corrected chi connectivity index (χ4v) is 2.53. The second-order valence-electron chi connectivity index (χ2n) is 5.61. The summed E-state index contributed by atoms with van der Waals surface area (Å²) in [6.45, 7) is 0.463. The first-order valence-corrected chi connectivity index (χ1v) is 7.40. The maximum Gasteiger partial charge on any atom is 0.343 e. The van der Waals surface area contributed by atoms with Gasteiger partial charge in [0.15, 0.2) is 11.5 Å². The van der Waals surface area contributed by atoms with Gasteiger partial charge in [-0.25, -0.2) is 4.79 Å². The van der Waals surface area contributed by atoms with Crippen LogP contribution in [0.5, 0.6) is 23.0 Å². The van der Waals surface area contributed by atoms with E-state index in [0.717, 1.165) is 0 Å². The van der Waals surface area contributed by atoms with Crippen molar-refractivity contribution in [2.75, 3.05) is 13.1 Å². The number of amides is 1. The molecule has 130 valence electrons. The summed E-state index contributed by atoms with van der Waals surface area (Å²) in [6.07, 6.45) is -0.408. The largest absolute Gasteiger partial charge is 0.507 e. The van der Waals surface area contributed by atoms with E-state index in [-0.39, 0.29) is 47.4 Å². The third-order valence-corrected chi connectivity index (χ3v) is 3.87. The van der Waals surface area contributed by atoms with E-state index in [1.165, 1.54) is 41.3 Å². The molecule has 0 atom stereocenters. The number of hydrogen-bond donors (Lipinski definition) is 4. The Hall–Kier alpha value is -3.42. The summed E-state index contributed by atoms with van der Waals surface area (Å²) in [4.78, 5) is 24.9. The van der Waals surface area contributed by atoms with E-state index in [1.54, 1.807) is 0 Å². The summed E-state index contributed by atoms with van der Waals surface area (Å²) in [5, 5.41) is 37.5. The Morgan fingerprint density at radius 1 is 1.00 bits per heavy atom. The Morgan fingerprint density at radius 3 is 2.36 bits per heavy atom. The minimum Gasteiger partial charge on any atom is -0.507 e. The number of phenolic OH excluding ortho intramolecular Hbond substituents is 2. The third kappa shape index (κ3) is 3.14. The van der Waals surface area contributed by atoms with E-state index in [0.29, 0.717) is 0 Å². The van der Waals surface area contributed by atoms with Gasteiger partial charge in [-0.15, -0.1) is 0 Å². The van der Waals surface area contributed by atoms with Crippen LogP contribution >= 0.6 is 0 Å². The molecule has 0 aliphatic carbocycles. The molecular formula is C17H15NO7. The van der Waals surface area contributed by atoms with Crippen molar-refractivity contribution >= 4 is 11.9 Å². The predicted molar refractivity (Wildman–Crippen MR) is 85.2 cm³/mol. The van der Waals surface area contributed by atoms with Gasteiger partial charge >= 0.3 is 5.97 Å². The number of aromatic carboxylic acids is 1. The lowest BCUT2D eigenvalue weighted by Gasteiger charge is -2.39. The first-order valence-electron chi connectivity index (χ1n) is 7.40. The van der Waals surface area contributed by atoms with E-state index >= 15 is 0 Å². The zero-order valence-corrected chi connectivity index (χ0v) is 12.9. The van der Waals surface area contributed by atoms with Crippen molar-refractivity contribution in [2.24, 2.45) is 0 Å². The Labute approximate surface area is 142 Å². The van der Waals surface area contributed by atoms with Crippen molar-refractivity contribution in [3.05, 3.63) is 47.5 Å². The van der Waals surface area contributed by atoms with Crippen LogP contribution < -0.4 is 4.74 Å². The number of nitrogens with zero attached hydrogens (tertiary/aromatic N) is 1. The topological polar surface area (TPSA) is 128 Å². The number of phenols is 3. The number of carbonyl (C=O) groups excluding carboxylic acids is 1. The molecular weight excluding hydrogens is 330 g/mol. The first-order chi connectivity index (χ1) is 11.9. The number of carboxylic acids is 1. The van der Waals surface area contributed by atoms with Crippen LogP contribution in [0.25, 0.3) is 0 Å². The lowest BCUT2D eigenvalue weighted by atomic mass is 10.1. The molecule has 4 N–H and O–H groups in total. The number of ether oxygens (including phenoxy) is 1. The van der Waals surface area contributed by atoms with Gasteiger partial charge < -0.3 is 30.1 Å². The minimum absolute atomic E-state index is 0.0341. The molecule has 1 fully saturated rings. The lowest BCUT2D eigenvalue weighted by molar-refractivity contribution is 0.0169. The Kier molecular flexibility index (Phi) is 4.10. The fraction of sp³-hybridized carbons (Fsp3) is 0.176. The molecule has 1 aliphatic heterocycles. The number of likely N-dealkylation sites (tertiary alicyclic amines) is 1. The Balaban J connectivity index is 1.65. The van der Waals surface area contributed by atoms with Crippen molar-refractivity contribution in [1.29, 1.82) is 0 Å². The summed E-state index contributed by atoms with van der Waals surface area (Å²) >= 11 is 0. The number of carbonyl (C=O) groups is 2. The number of benzene rings is 2. The van der Waals surface area contributed by atoms with Crippen LogP contribution in [0.2, 0.25) is 0 Å². The normalized spacial score (nSPS) is 14.0. The van der Waals surface area contributed by atoms with Crippen LogP contribution in [0.15, 0.2) is 36.4 Å². The lowest BCUT2D eigenvalue weighted by Crippen LogP contribution is -2.56. The number of hydrogen-bond acceptors (Lipinski definition) is 6. The van der Waals surface area contributed by atoms with E-state index < -0.39 is 17.8 Å². The van der Waals surface area contributed by atoms with Gasteiger partial charge in [-0.05, 0) is 30.3 Å². The third-order valence-electron chi connectivity index (χ3n) is 3.87. The summed E-state index contributed by atoms with van der Waals surface area (Å²) in [6, 6.07) is 7.95. The van der Waals surface area contributed by atoms with Crippen molar-refractivity contribution < 1.29 is 34.8 Å².